The molecule has 0 aliphatic rings. The first-order chi connectivity index (χ1) is 10.6. The summed E-state index contributed by atoms with van der Waals surface area (Å²) in [7, 11) is 0. The second-order valence-corrected chi connectivity index (χ2v) is 4.72. The molecule has 6 nitrogen and oxygen atoms in total. The van der Waals surface area contributed by atoms with Crippen LogP contribution in [0.4, 0.5) is 0 Å². The van der Waals surface area contributed by atoms with E-state index in [0.29, 0.717) is 25.4 Å². The van der Waals surface area contributed by atoms with Crippen LogP contribution in [0, 0.1) is 0 Å². The molecule has 6 heteroatoms. The van der Waals surface area contributed by atoms with E-state index in [1.54, 1.807) is 6.07 Å². The summed E-state index contributed by atoms with van der Waals surface area (Å²) in [6.45, 7) is 4.69. The van der Waals surface area contributed by atoms with Gasteiger partial charge in [-0.15, -0.1) is 0 Å². The Bertz CT molecular complexity index is 693. The van der Waals surface area contributed by atoms with Crippen LogP contribution in [0.5, 0.6) is 5.75 Å². The van der Waals surface area contributed by atoms with Crippen molar-refractivity contribution in [3.63, 3.8) is 0 Å². The third-order valence-corrected chi connectivity index (χ3v) is 3.03. The molecular weight excluding hydrogens is 282 g/mol. The molecule has 0 bridgehead atoms. The Hall–Kier alpha value is -2.63. The minimum absolute atomic E-state index is 0.129. The molecule has 2 aromatic rings. The quantitative estimate of drug-likeness (QED) is 0.876. The SMILES string of the molecule is CCOc1ccc(-c2ccc(=O)n(CCNC(C)=O)n2)cc1. The Labute approximate surface area is 128 Å². The minimum atomic E-state index is -0.194. The van der Waals surface area contributed by atoms with E-state index in [9.17, 15) is 9.59 Å². The summed E-state index contributed by atoms with van der Waals surface area (Å²) in [5.41, 5.74) is 1.40. The van der Waals surface area contributed by atoms with Crippen molar-refractivity contribution >= 4 is 5.91 Å². The number of nitrogens with zero attached hydrogens (tertiary/aromatic N) is 2. The molecule has 0 unspecified atom stereocenters. The van der Waals surface area contributed by atoms with Crippen molar-refractivity contribution in [1.29, 1.82) is 0 Å². The molecule has 116 valence electrons. The Balaban J connectivity index is 2.17. The van der Waals surface area contributed by atoms with Gasteiger partial charge in [0.25, 0.3) is 5.56 Å². The zero-order valence-electron chi connectivity index (χ0n) is 12.7. The largest absolute Gasteiger partial charge is 0.494 e. The lowest BCUT2D eigenvalue weighted by Gasteiger charge is -2.08. The molecule has 1 aromatic carbocycles. The maximum Gasteiger partial charge on any atom is 0.266 e. The average Bonchev–Trinajstić information content (AvgIpc) is 2.50. The third kappa shape index (κ3) is 4.18. The van der Waals surface area contributed by atoms with Gasteiger partial charge in [-0.05, 0) is 37.3 Å². The molecule has 0 aliphatic carbocycles. The molecule has 0 saturated heterocycles. The van der Waals surface area contributed by atoms with Gasteiger partial charge >= 0.3 is 0 Å². The molecule has 2 rings (SSSR count). The van der Waals surface area contributed by atoms with E-state index in [0.717, 1.165) is 11.3 Å². The van der Waals surface area contributed by atoms with Crippen LogP contribution in [0.1, 0.15) is 13.8 Å². The van der Waals surface area contributed by atoms with E-state index in [1.807, 2.05) is 31.2 Å². The number of benzene rings is 1. The first kappa shape index (κ1) is 15.8. The van der Waals surface area contributed by atoms with Crippen LogP contribution in [-0.4, -0.2) is 28.8 Å². The van der Waals surface area contributed by atoms with Crippen molar-refractivity contribution in [3.05, 3.63) is 46.8 Å². The number of ether oxygens (including phenoxy) is 1. The summed E-state index contributed by atoms with van der Waals surface area (Å²) in [6, 6.07) is 10.7. The summed E-state index contributed by atoms with van der Waals surface area (Å²) >= 11 is 0. The topological polar surface area (TPSA) is 73.2 Å². The smallest absolute Gasteiger partial charge is 0.266 e. The maximum absolute atomic E-state index is 11.8. The molecule has 0 aliphatic heterocycles. The van der Waals surface area contributed by atoms with Crippen LogP contribution in [0.15, 0.2) is 41.2 Å². The van der Waals surface area contributed by atoms with E-state index >= 15 is 0 Å². The molecule has 0 fully saturated rings. The number of rotatable bonds is 6. The number of carbonyl (C=O) groups excluding carboxylic acids is 1. The third-order valence-electron chi connectivity index (χ3n) is 3.03. The van der Waals surface area contributed by atoms with Gasteiger partial charge in [0, 0.05) is 25.1 Å². The Morgan fingerprint density at radius 3 is 2.59 bits per heavy atom. The van der Waals surface area contributed by atoms with Crippen LogP contribution < -0.4 is 15.6 Å². The molecule has 0 atom stereocenters. The van der Waals surface area contributed by atoms with E-state index < -0.39 is 0 Å². The highest BCUT2D eigenvalue weighted by Gasteiger charge is 2.04. The van der Waals surface area contributed by atoms with Crippen LogP contribution in [0.3, 0.4) is 0 Å². The van der Waals surface area contributed by atoms with Gasteiger partial charge < -0.3 is 10.1 Å². The standard InChI is InChI=1S/C16H19N3O3/c1-3-22-14-6-4-13(5-7-14)15-8-9-16(21)19(18-15)11-10-17-12(2)20/h4-9H,3,10-11H2,1-2H3,(H,17,20). The molecule has 0 saturated carbocycles. The predicted molar refractivity (Wildman–Crippen MR) is 83.8 cm³/mol. The minimum Gasteiger partial charge on any atom is -0.494 e. The fourth-order valence-corrected chi connectivity index (χ4v) is 1.99. The van der Waals surface area contributed by atoms with Gasteiger partial charge in [-0.3, -0.25) is 9.59 Å². The van der Waals surface area contributed by atoms with Crippen LogP contribution in [-0.2, 0) is 11.3 Å². The van der Waals surface area contributed by atoms with Crippen molar-refractivity contribution in [2.75, 3.05) is 13.2 Å². The van der Waals surface area contributed by atoms with Crippen LogP contribution in [0.2, 0.25) is 0 Å². The van der Waals surface area contributed by atoms with Crippen LogP contribution >= 0.6 is 0 Å². The summed E-state index contributed by atoms with van der Waals surface area (Å²) in [4.78, 5) is 22.6. The van der Waals surface area contributed by atoms with Crippen molar-refractivity contribution in [1.82, 2.24) is 15.1 Å². The van der Waals surface area contributed by atoms with Gasteiger partial charge in [-0.1, -0.05) is 0 Å². The number of hydrogen-bond acceptors (Lipinski definition) is 4. The first-order valence-electron chi connectivity index (χ1n) is 7.16. The Kier molecular flexibility index (Phi) is 5.30. The second kappa shape index (κ2) is 7.40. The fourth-order valence-electron chi connectivity index (χ4n) is 1.99. The van der Waals surface area contributed by atoms with Crippen molar-refractivity contribution in [2.45, 2.75) is 20.4 Å². The molecule has 1 amide bonds. The highest BCUT2D eigenvalue weighted by atomic mass is 16.5. The second-order valence-electron chi connectivity index (χ2n) is 4.72. The lowest BCUT2D eigenvalue weighted by Crippen LogP contribution is -2.30. The molecule has 0 spiro atoms. The van der Waals surface area contributed by atoms with Gasteiger partial charge in [0.1, 0.15) is 5.75 Å². The van der Waals surface area contributed by atoms with Gasteiger partial charge in [-0.25, -0.2) is 4.68 Å². The van der Waals surface area contributed by atoms with E-state index in [1.165, 1.54) is 17.7 Å². The number of hydrogen-bond donors (Lipinski definition) is 1. The summed E-state index contributed by atoms with van der Waals surface area (Å²) in [6.07, 6.45) is 0. The Morgan fingerprint density at radius 2 is 1.95 bits per heavy atom. The monoisotopic (exact) mass is 301 g/mol. The number of amides is 1. The first-order valence-corrected chi connectivity index (χ1v) is 7.16. The van der Waals surface area contributed by atoms with Crippen LogP contribution in [0.25, 0.3) is 11.3 Å². The van der Waals surface area contributed by atoms with Gasteiger partial charge in [0.05, 0.1) is 18.8 Å². The van der Waals surface area contributed by atoms with Crippen molar-refractivity contribution in [3.8, 4) is 17.0 Å². The molecule has 1 aromatic heterocycles. The number of carbonyl (C=O) groups is 1. The van der Waals surface area contributed by atoms with Gasteiger partial charge in [0.15, 0.2) is 0 Å². The van der Waals surface area contributed by atoms with E-state index in [2.05, 4.69) is 10.4 Å². The highest BCUT2D eigenvalue weighted by molar-refractivity contribution is 5.72. The summed E-state index contributed by atoms with van der Waals surface area (Å²) in [5, 5.41) is 6.97. The predicted octanol–water partition coefficient (Wildman–Crippen LogP) is 1.45. The molecule has 0 radical (unpaired) electrons. The summed E-state index contributed by atoms with van der Waals surface area (Å²) < 4.78 is 6.75. The molecular formula is C16H19N3O3. The van der Waals surface area contributed by atoms with Crippen molar-refractivity contribution in [2.24, 2.45) is 0 Å². The maximum atomic E-state index is 11.8. The lowest BCUT2D eigenvalue weighted by atomic mass is 10.1. The number of nitrogens with one attached hydrogen (secondary N) is 1. The highest BCUT2D eigenvalue weighted by Crippen LogP contribution is 2.19. The zero-order valence-corrected chi connectivity index (χ0v) is 12.7. The zero-order chi connectivity index (χ0) is 15.9. The van der Waals surface area contributed by atoms with Gasteiger partial charge in [-0.2, -0.15) is 5.10 Å². The molecule has 1 heterocycles. The molecule has 1 N–H and O–H groups in total. The van der Waals surface area contributed by atoms with E-state index in [4.69, 9.17) is 4.74 Å². The molecule has 22 heavy (non-hydrogen) atoms. The normalized spacial score (nSPS) is 10.3. The summed E-state index contributed by atoms with van der Waals surface area (Å²) in [5.74, 6) is 0.668. The van der Waals surface area contributed by atoms with E-state index in [-0.39, 0.29) is 11.5 Å². The fraction of sp³-hybridized carbons (Fsp3) is 0.312. The Morgan fingerprint density at radius 1 is 1.23 bits per heavy atom. The van der Waals surface area contributed by atoms with Gasteiger partial charge in [0.2, 0.25) is 5.91 Å². The van der Waals surface area contributed by atoms with Crippen molar-refractivity contribution < 1.29 is 9.53 Å². The number of aromatic nitrogens is 2. The lowest BCUT2D eigenvalue weighted by molar-refractivity contribution is -0.118. The average molecular weight is 301 g/mol.